The summed E-state index contributed by atoms with van der Waals surface area (Å²) in [5.74, 6) is -0.413. The molecule has 32 heavy (non-hydrogen) atoms. The molecule has 0 aliphatic heterocycles. The Morgan fingerprint density at radius 3 is 2.34 bits per heavy atom. The van der Waals surface area contributed by atoms with Gasteiger partial charge >= 0.3 is 0 Å². The van der Waals surface area contributed by atoms with Crippen molar-refractivity contribution < 1.29 is 9.59 Å². The summed E-state index contributed by atoms with van der Waals surface area (Å²) in [6, 6.07) is 22.1. The highest BCUT2D eigenvalue weighted by Crippen LogP contribution is 2.20. The predicted octanol–water partition coefficient (Wildman–Crippen LogP) is 4.92. The molecule has 4 rings (SSSR count). The molecule has 0 spiro atoms. The highest BCUT2D eigenvalue weighted by atomic mass is 16.2. The zero-order chi connectivity index (χ0) is 22.5. The molecule has 0 aliphatic carbocycles. The second kappa shape index (κ2) is 9.31. The molecular weight excluding hydrogens is 400 g/mol. The molecule has 4 aromatic rings. The van der Waals surface area contributed by atoms with E-state index in [-0.39, 0.29) is 17.9 Å². The lowest BCUT2D eigenvalue weighted by Gasteiger charge is -2.16. The van der Waals surface area contributed by atoms with E-state index in [1.165, 1.54) is 0 Å². The Labute approximate surface area is 186 Å². The number of hydrogen-bond donors (Lipinski definition) is 2. The SMILES string of the molecule is Cc1ccc(C(=O)N[C@@H](C)c2ccc(-n3ccnc3)cc2)cc1NC(=O)c1ccccc1. The maximum Gasteiger partial charge on any atom is 0.255 e. The van der Waals surface area contributed by atoms with E-state index in [4.69, 9.17) is 0 Å². The Morgan fingerprint density at radius 2 is 1.66 bits per heavy atom. The van der Waals surface area contributed by atoms with Gasteiger partial charge in [-0.2, -0.15) is 0 Å². The lowest BCUT2D eigenvalue weighted by molar-refractivity contribution is 0.0938. The van der Waals surface area contributed by atoms with E-state index in [1.54, 1.807) is 36.8 Å². The summed E-state index contributed by atoms with van der Waals surface area (Å²) in [4.78, 5) is 29.4. The molecule has 0 bridgehead atoms. The number of aromatic nitrogens is 2. The average Bonchev–Trinajstić information content (AvgIpc) is 3.36. The summed E-state index contributed by atoms with van der Waals surface area (Å²) in [5, 5.41) is 5.93. The van der Waals surface area contributed by atoms with E-state index in [0.717, 1.165) is 16.8 Å². The zero-order valence-corrected chi connectivity index (χ0v) is 17.9. The van der Waals surface area contributed by atoms with E-state index >= 15 is 0 Å². The van der Waals surface area contributed by atoms with Crippen LogP contribution in [0.4, 0.5) is 5.69 Å². The first-order valence-corrected chi connectivity index (χ1v) is 10.4. The first-order chi connectivity index (χ1) is 15.5. The first-order valence-electron chi connectivity index (χ1n) is 10.4. The summed E-state index contributed by atoms with van der Waals surface area (Å²) in [7, 11) is 0. The van der Waals surface area contributed by atoms with Crippen LogP contribution in [0.5, 0.6) is 0 Å². The number of anilines is 1. The molecule has 2 amide bonds. The van der Waals surface area contributed by atoms with Crippen molar-refractivity contribution in [3.05, 3.63) is 114 Å². The van der Waals surface area contributed by atoms with Crippen molar-refractivity contribution >= 4 is 17.5 Å². The number of carbonyl (C=O) groups is 2. The Balaban J connectivity index is 1.45. The minimum atomic E-state index is -0.211. The molecule has 0 unspecified atom stereocenters. The number of nitrogens with zero attached hydrogens (tertiary/aromatic N) is 2. The maximum absolute atomic E-state index is 12.9. The molecule has 0 saturated heterocycles. The summed E-state index contributed by atoms with van der Waals surface area (Å²) in [6.07, 6.45) is 5.35. The molecule has 0 fully saturated rings. The van der Waals surface area contributed by atoms with Crippen LogP contribution in [0.25, 0.3) is 5.69 Å². The molecule has 160 valence electrons. The molecular formula is C26H24N4O2. The van der Waals surface area contributed by atoms with Crippen molar-refractivity contribution in [3.63, 3.8) is 0 Å². The number of hydrogen-bond acceptors (Lipinski definition) is 3. The van der Waals surface area contributed by atoms with Crippen LogP contribution < -0.4 is 10.6 Å². The van der Waals surface area contributed by atoms with Crippen LogP contribution in [0.15, 0.2) is 91.5 Å². The normalized spacial score (nSPS) is 11.6. The largest absolute Gasteiger partial charge is 0.346 e. The van der Waals surface area contributed by atoms with Crippen LogP contribution in [0.2, 0.25) is 0 Å². The van der Waals surface area contributed by atoms with Crippen LogP contribution >= 0.6 is 0 Å². The molecule has 2 N–H and O–H groups in total. The van der Waals surface area contributed by atoms with Gasteiger partial charge in [0, 0.05) is 34.9 Å². The monoisotopic (exact) mass is 424 g/mol. The highest BCUT2D eigenvalue weighted by molar-refractivity contribution is 6.05. The standard InChI is InChI=1S/C26H24N4O2/c1-18-8-9-22(16-24(18)29-25(31)21-6-4-3-5-7-21)26(32)28-19(2)20-10-12-23(13-11-20)30-15-14-27-17-30/h3-17,19H,1-2H3,(H,28,32)(H,29,31)/t19-/m0/s1. The third kappa shape index (κ3) is 4.75. The maximum atomic E-state index is 12.9. The fraction of sp³-hybridized carbons (Fsp3) is 0.115. The van der Waals surface area contributed by atoms with Gasteiger partial charge in [0.15, 0.2) is 0 Å². The van der Waals surface area contributed by atoms with Gasteiger partial charge in [0.2, 0.25) is 0 Å². The van der Waals surface area contributed by atoms with E-state index in [0.29, 0.717) is 16.8 Å². The smallest absolute Gasteiger partial charge is 0.255 e. The van der Waals surface area contributed by atoms with Gasteiger partial charge in [0.05, 0.1) is 12.4 Å². The van der Waals surface area contributed by atoms with Gasteiger partial charge in [-0.05, 0) is 61.4 Å². The number of imidazole rings is 1. The molecule has 0 radical (unpaired) electrons. The van der Waals surface area contributed by atoms with Crippen molar-refractivity contribution in [2.45, 2.75) is 19.9 Å². The Morgan fingerprint density at radius 1 is 0.906 bits per heavy atom. The van der Waals surface area contributed by atoms with Crippen LogP contribution in [0.3, 0.4) is 0 Å². The molecule has 3 aromatic carbocycles. The molecule has 0 aliphatic rings. The van der Waals surface area contributed by atoms with Gasteiger partial charge in [0.25, 0.3) is 11.8 Å². The van der Waals surface area contributed by atoms with E-state index in [1.807, 2.05) is 73.1 Å². The molecule has 1 atom stereocenters. The topological polar surface area (TPSA) is 76.0 Å². The van der Waals surface area contributed by atoms with E-state index < -0.39 is 0 Å². The fourth-order valence-corrected chi connectivity index (χ4v) is 3.39. The van der Waals surface area contributed by atoms with Crippen molar-refractivity contribution in [3.8, 4) is 5.69 Å². The highest BCUT2D eigenvalue weighted by Gasteiger charge is 2.14. The Bertz CT molecular complexity index is 1220. The minimum absolute atomic E-state index is 0.178. The van der Waals surface area contributed by atoms with Crippen LogP contribution in [-0.4, -0.2) is 21.4 Å². The minimum Gasteiger partial charge on any atom is -0.346 e. The number of benzene rings is 3. The molecule has 1 aromatic heterocycles. The number of aryl methyl sites for hydroxylation is 1. The molecule has 0 saturated carbocycles. The third-order valence-electron chi connectivity index (χ3n) is 5.33. The second-order valence-electron chi connectivity index (χ2n) is 7.61. The van der Waals surface area contributed by atoms with Crippen LogP contribution in [0.1, 0.15) is 44.8 Å². The fourth-order valence-electron chi connectivity index (χ4n) is 3.39. The Kier molecular flexibility index (Phi) is 6.12. The van der Waals surface area contributed by atoms with E-state index in [2.05, 4.69) is 15.6 Å². The number of amides is 2. The number of nitrogens with one attached hydrogen (secondary N) is 2. The number of rotatable bonds is 6. The summed E-state index contributed by atoms with van der Waals surface area (Å²) < 4.78 is 1.92. The van der Waals surface area contributed by atoms with Gasteiger partial charge in [0.1, 0.15) is 0 Å². The first kappa shape index (κ1) is 21.1. The van der Waals surface area contributed by atoms with Gasteiger partial charge in [-0.3, -0.25) is 9.59 Å². The quantitative estimate of drug-likeness (QED) is 0.461. The summed E-state index contributed by atoms with van der Waals surface area (Å²) >= 11 is 0. The molecule has 6 heteroatoms. The van der Waals surface area contributed by atoms with E-state index in [9.17, 15) is 9.59 Å². The van der Waals surface area contributed by atoms with Crippen LogP contribution in [0, 0.1) is 6.92 Å². The van der Waals surface area contributed by atoms with Gasteiger partial charge in [-0.25, -0.2) is 4.98 Å². The van der Waals surface area contributed by atoms with Crippen molar-refractivity contribution in [1.82, 2.24) is 14.9 Å². The summed E-state index contributed by atoms with van der Waals surface area (Å²) in [6.45, 7) is 3.84. The van der Waals surface area contributed by atoms with Crippen LogP contribution in [-0.2, 0) is 0 Å². The van der Waals surface area contributed by atoms with Crippen molar-refractivity contribution in [2.75, 3.05) is 5.32 Å². The van der Waals surface area contributed by atoms with Gasteiger partial charge < -0.3 is 15.2 Å². The molecule has 6 nitrogen and oxygen atoms in total. The third-order valence-corrected chi connectivity index (χ3v) is 5.33. The second-order valence-corrected chi connectivity index (χ2v) is 7.61. The molecule has 1 heterocycles. The predicted molar refractivity (Wildman–Crippen MR) is 125 cm³/mol. The Hall–Kier alpha value is -4.19. The lowest BCUT2D eigenvalue weighted by atomic mass is 10.1. The van der Waals surface area contributed by atoms with Gasteiger partial charge in [-0.15, -0.1) is 0 Å². The van der Waals surface area contributed by atoms with Crippen molar-refractivity contribution in [1.29, 1.82) is 0 Å². The lowest BCUT2D eigenvalue weighted by Crippen LogP contribution is -2.26. The van der Waals surface area contributed by atoms with Gasteiger partial charge in [-0.1, -0.05) is 36.4 Å². The van der Waals surface area contributed by atoms with Crippen molar-refractivity contribution in [2.24, 2.45) is 0 Å². The average molecular weight is 425 g/mol. The summed E-state index contributed by atoms with van der Waals surface area (Å²) in [5.41, 5.74) is 4.54. The number of carbonyl (C=O) groups excluding carboxylic acids is 2. The zero-order valence-electron chi connectivity index (χ0n) is 17.9.